The number of halogens is 2. The average molecular weight is 285 g/mol. The zero-order valence-corrected chi connectivity index (χ0v) is 11.2. The smallest absolute Gasteiger partial charge is 0.257 e. The summed E-state index contributed by atoms with van der Waals surface area (Å²) in [4.78, 5) is 12.1. The highest BCUT2D eigenvalue weighted by Crippen LogP contribution is 2.22. The van der Waals surface area contributed by atoms with Gasteiger partial charge in [0.05, 0.1) is 12.1 Å². The summed E-state index contributed by atoms with van der Waals surface area (Å²) in [7, 11) is 0. The van der Waals surface area contributed by atoms with Gasteiger partial charge in [-0.1, -0.05) is 6.07 Å². The molecule has 6 heteroatoms. The van der Waals surface area contributed by atoms with Gasteiger partial charge < -0.3 is 15.2 Å². The SMILES string of the molecule is Cc1ccc(F)c(C(=O)NC2(CO)CCOCC2)c1F. The number of benzene rings is 1. The highest BCUT2D eigenvalue weighted by atomic mass is 19.1. The van der Waals surface area contributed by atoms with Crippen LogP contribution in [0.15, 0.2) is 12.1 Å². The minimum Gasteiger partial charge on any atom is -0.394 e. The third kappa shape index (κ3) is 2.81. The van der Waals surface area contributed by atoms with Crippen molar-refractivity contribution in [2.45, 2.75) is 25.3 Å². The Balaban J connectivity index is 2.26. The molecule has 0 bridgehead atoms. The van der Waals surface area contributed by atoms with E-state index < -0.39 is 28.6 Å². The molecule has 1 aliphatic rings. The Hall–Kier alpha value is -1.53. The van der Waals surface area contributed by atoms with Crippen LogP contribution in [0, 0.1) is 18.6 Å². The zero-order chi connectivity index (χ0) is 14.8. The maximum atomic E-state index is 13.9. The number of carbonyl (C=O) groups excluding carboxylic acids is 1. The molecule has 0 radical (unpaired) electrons. The minimum absolute atomic E-state index is 0.196. The summed E-state index contributed by atoms with van der Waals surface area (Å²) in [6, 6.07) is 2.33. The fraction of sp³-hybridized carbons (Fsp3) is 0.500. The second kappa shape index (κ2) is 5.85. The van der Waals surface area contributed by atoms with Crippen LogP contribution in [0.3, 0.4) is 0 Å². The number of carbonyl (C=O) groups is 1. The number of ether oxygens (including phenoxy) is 1. The maximum Gasteiger partial charge on any atom is 0.257 e. The lowest BCUT2D eigenvalue weighted by atomic mass is 9.90. The Morgan fingerprint density at radius 2 is 2.05 bits per heavy atom. The molecule has 1 aromatic rings. The molecule has 2 N–H and O–H groups in total. The predicted octanol–water partition coefficient (Wildman–Crippen LogP) is 1.54. The molecule has 110 valence electrons. The first-order valence-corrected chi connectivity index (χ1v) is 6.45. The Labute approximate surface area is 115 Å². The first kappa shape index (κ1) is 14.9. The van der Waals surface area contributed by atoms with Gasteiger partial charge in [-0.2, -0.15) is 0 Å². The quantitative estimate of drug-likeness (QED) is 0.886. The fourth-order valence-corrected chi connectivity index (χ4v) is 2.25. The van der Waals surface area contributed by atoms with Gasteiger partial charge in [-0.25, -0.2) is 8.78 Å². The van der Waals surface area contributed by atoms with E-state index in [2.05, 4.69) is 5.32 Å². The second-order valence-corrected chi connectivity index (χ2v) is 5.06. The van der Waals surface area contributed by atoms with Crippen molar-refractivity contribution in [3.63, 3.8) is 0 Å². The second-order valence-electron chi connectivity index (χ2n) is 5.06. The van der Waals surface area contributed by atoms with Gasteiger partial charge in [0.25, 0.3) is 5.91 Å². The van der Waals surface area contributed by atoms with Gasteiger partial charge in [0, 0.05) is 13.2 Å². The number of nitrogens with one attached hydrogen (secondary N) is 1. The average Bonchev–Trinajstić information content (AvgIpc) is 2.44. The van der Waals surface area contributed by atoms with Crippen LogP contribution in [0.1, 0.15) is 28.8 Å². The summed E-state index contributed by atoms with van der Waals surface area (Å²) in [5, 5.41) is 12.0. The summed E-state index contributed by atoms with van der Waals surface area (Å²) in [6.45, 7) is 1.94. The van der Waals surface area contributed by atoms with Crippen LogP contribution in [0.25, 0.3) is 0 Å². The molecule has 1 saturated heterocycles. The van der Waals surface area contributed by atoms with Gasteiger partial charge in [-0.05, 0) is 31.4 Å². The third-order valence-electron chi connectivity index (χ3n) is 3.64. The predicted molar refractivity (Wildman–Crippen MR) is 68.4 cm³/mol. The molecule has 0 spiro atoms. The number of aliphatic hydroxyl groups is 1. The van der Waals surface area contributed by atoms with Crippen molar-refractivity contribution in [2.24, 2.45) is 0 Å². The molecular weight excluding hydrogens is 268 g/mol. The van der Waals surface area contributed by atoms with Crippen LogP contribution >= 0.6 is 0 Å². The van der Waals surface area contributed by atoms with Crippen LogP contribution in [0.5, 0.6) is 0 Å². The Kier molecular flexibility index (Phi) is 4.35. The van der Waals surface area contributed by atoms with Crippen LogP contribution in [-0.4, -0.2) is 36.4 Å². The van der Waals surface area contributed by atoms with Crippen LogP contribution in [-0.2, 0) is 4.74 Å². The minimum atomic E-state index is -0.911. The van der Waals surface area contributed by atoms with Crippen molar-refractivity contribution in [1.82, 2.24) is 5.32 Å². The van der Waals surface area contributed by atoms with E-state index in [0.29, 0.717) is 26.1 Å². The highest BCUT2D eigenvalue weighted by molar-refractivity contribution is 5.95. The number of hydrogen-bond acceptors (Lipinski definition) is 3. The molecule has 4 nitrogen and oxygen atoms in total. The number of hydrogen-bond donors (Lipinski definition) is 2. The molecule has 2 rings (SSSR count). The molecule has 0 aliphatic carbocycles. The van der Waals surface area contributed by atoms with E-state index >= 15 is 0 Å². The van der Waals surface area contributed by atoms with Crippen molar-refractivity contribution >= 4 is 5.91 Å². The normalized spacial score (nSPS) is 17.8. The monoisotopic (exact) mass is 285 g/mol. The first-order valence-electron chi connectivity index (χ1n) is 6.45. The van der Waals surface area contributed by atoms with Crippen LogP contribution in [0.4, 0.5) is 8.78 Å². The number of amides is 1. The first-order chi connectivity index (χ1) is 9.49. The lowest BCUT2D eigenvalue weighted by Crippen LogP contribution is -2.54. The molecule has 0 saturated carbocycles. The van der Waals surface area contributed by atoms with Gasteiger partial charge in [0.2, 0.25) is 0 Å². The van der Waals surface area contributed by atoms with E-state index in [1.54, 1.807) is 0 Å². The summed E-state index contributed by atoms with van der Waals surface area (Å²) < 4.78 is 32.8. The van der Waals surface area contributed by atoms with E-state index in [1.165, 1.54) is 13.0 Å². The third-order valence-corrected chi connectivity index (χ3v) is 3.64. The van der Waals surface area contributed by atoms with Crippen molar-refractivity contribution in [3.05, 3.63) is 34.9 Å². The number of rotatable bonds is 3. The van der Waals surface area contributed by atoms with Gasteiger partial charge >= 0.3 is 0 Å². The molecular formula is C14H17F2NO3. The summed E-state index contributed by atoms with van der Waals surface area (Å²) >= 11 is 0. The molecule has 1 amide bonds. The molecule has 1 aliphatic heterocycles. The molecule has 0 atom stereocenters. The van der Waals surface area contributed by atoms with E-state index in [4.69, 9.17) is 4.74 Å². The van der Waals surface area contributed by atoms with E-state index in [-0.39, 0.29) is 12.2 Å². The largest absolute Gasteiger partial charge is 0.394 e. The van der Waals surface area contributed by atoms with Crippen molar-refractivity contribution in [3.8, 4) is 0 Å². The van der Waals surface area contributed by atoms with Crippen molar-refractivity contribution in [2.75, 3.05) is 19.8 Å². The Morgan fingerprint density at radius 3 is 2.65 bits per heavy atom. The molecule has 1 heterocycles. The lowest BCUT2D eigenvalue weighted by Gasteiger charge is -2.36. The van der Waals surface area contributed by atoms with E-state index in [9.17, 15) is 18.7 Å². The van der Waals surface area contributed by atoms with Crippen LogP contribution < -0.4 is 5.32 Å². The zero-order valence-electron chi connectivity index (χ0n) is 11.2. The molecule has 0 unspecified atom stereocenters. The molecule has 1 fully saturated rings. The van der Waals surface area contributed by atoms with Gasteiger partial charge in [0.15, 0.2) is 0 Å². The number of aliphatic hydroxyl groups excluding tert-OH is 1. The van der Waals surface area contributed by atoms with Crippen molar-refractivity contribution < 1.29 is 23.4 Å². The summed E-state index contributed by atoms with van der Waals surface area (Å²) in [6.07, 6.45) is 0.814. The molecule has 0 aromatic heterocycles. The Bertz CT molecular complexity index is 513. The van der Waals surface area contributed by atoms with Crippen LogP contribution in [0.2, 0.25) is 0 Å². The van der Waals surface area contributed by atoms with Gasteiger partial charge in [-0.15, -0.1) is 0 Å². The topological polar surface area (TPSA) is 58.6 Å². The molecule has 20 heavy (non-hydrogen) atoms. The maximum absolute atomic E-state index is 13.9. The summed E-state index contributed by atoms with van der Waals surface area (Å²) in [5.74, 6) is -2.63. The van der Waals surface area contributed by atoms with Gasteiger partial charge in [0.1, 0.15) is 17.2 Å². The standard InChI is InChI=1S/C14H17F2NO3/c1-9-2-3-10(15)11(12(9)16)13(19)17-14(8-18)4-6-20-7-5-14/h2-3,18H,4-8H2,1H3,(H,17,19). The number of aryl methyl sites for hydroxylation is 1. The van der Waals surface area contributed by atoms with E-state index in [1.807, 2.05) is 0 Å². The Morgan fingerprint density at radius 1 is 1.40 bits per heavy atom. The fourth-order valence-electron chi connectivity index (χ4n) is 2.25. The lowest BCUT2D eigenvalue weighted by molar-refractivity contribution is 0.0124. The molecule has 1 aromatic carbocycles. The highest BCUT2D eigenvalue weighted by Gasteiger charge is 2.35. The van der Waals surface area contributed by atoms with E-state index in [0.717, 1.165) is 6.07 Å². The van der Waals surface area contributed by atoms with Gasteiger partial charge in [-0.3, -0.25) is 4.79 Å². The van der Waals surface area contributed by atoms with Crippen molar-refractivity contribution in [1.29, 1.82) is 0 Å². The summed E-state index contributed by atoms with van der Waals surface area (Å²) in [5.41, 5.74) is -1.29.